The van der Waals surface area contributed by atoms with Gasteiger partial charge in [0.1, 0.15) is 5.82 Å². The van der Waals surface area contributed by atoms with E-state index in [4.69, 9.17) is 5.73 Å². The van der Waals surface area contributed by atoms with Gasteiger partial charge in [-0.1, -0.05) is 0 Å². The van der Waals surface area contributed by atoms with Crippen molar-refractivity contribution < 1.29 is 27.0 Å². The van der Waals surface area contributed by atoms with E-state index in [9.17, 15) is 17.6 Å². The van der Waals surface area contributed by atoms with Gasteiger partial charge in [0.25, 0.3) is 0 Å². The Labute approximate surface area is 115 Å². The summed E-state index contributed by atoms with van der Waals surface area (Å²) in [6.45, 7) is 0. The van der Waals surface area contributed by atoms with Gasteiger partial charge in [-0.2, -0.15) is 17.6 Å². The lowest BCUT2D eigenvalue weighted by Crippen LogP contribution is -2.52. The number of alkyl halides is 4. The van der Waals surface area contributed by atoms with E-state index in [0.717, 1.165) is 6.07 Å². The Balaban J connectivity index is 1.97. The first-order valence-electron chi connectivity index (χ1n) is 5.43. The van der Waals surface area contributed by atoms with Gasteiger partial charge in [0.2, 0.25) is 0 Å². The second-order valence-electron chi connectivity index (χ2n) is 4.14. The molecule has 108 valence electrons. The molecule has 20 heavy (non-hydrogen) atoms. The van der Waals surface area contributed by atoms with Gasteiger partial charge in [-0.15, -0.1) is 11.8 Å². The summed E-state index contributed by atoms with van der Waals surface area (Å²) in [5.74, 6) is 0.0313. The number of hydrogen-bond acceptors (Lipinski definition) is 5. The van der Waals surface area contributed by atoms with Crippen molar-refractivity contribution in [2.45, 2.75) is 12.2 Å². The van der Waals surface area contributed by atoms with Crippen LogP contribution in [0.5, 0.6) is 11.5 Å². The molecule has 2 N–H and O–H groups in total. The Morgan fingerprint density at radius 3 is 2.35 bits per heavy atom. The lowest BCUT2D eigenvalue weighted by Gasteiger charge is -2.32. The van der Waals surface area contributed by atoms with E-state index >= 15 is 0 Å². The normalized spacial score (nSPS) is 22.6. The van der Waals surface area contributed by atoms with E-state index < -0.39 is 23.7 Å². The molecule has 0 spiro atoms. The third kappa shape index (κ3) is 1.92. The third-order valence-electron chi connectivity index (χ3n) is 2.77. The molecule has 0 radical (unpaired) electrons. The molecular weight excluding hydrogens is 300 g/mol. The van der Waals surface area contributed by atoms with Gasteiger partial charge < -0.3 is 20.1 Å². The lowest BCUT2D eigenvalue weighted by atomic mass is 10.2. The summed E-state index contributed by atoms with van der Waals surface area (Å²) in [7, 11) is 0. The highest BCUT2D eigenvalue weighted by Crippen LogP contribution is 2.48. The molecule has 4 nitrogen and oxygen atoms in total. The molecule has 0 amide bonds. The number of benzene rings is 1. The number of nitrogens with zero attached hydrogens (tertiary/aromatic N) is 1. The Hall–Kier alpha value is -1.77. The molecule has 2 aliphatic rings. The van der Waals surface area contributed by atoms with Crippen LogP contribution >= 0.6 is 11.8 Å². The van der Waals surface area contributed by atoms with Crippen LogP contribution in [0.1, 0.15) is 0 Å². The highest BCUT2D eigenvalue weighted by atomic mass is 32.2. The SMILES string of the molecule is NC1=CSCN1c1ccc2c(c1)OC(F)(F)C(F)(F)O2. The number of thioether (sulfide) groups is 1. The van der Waals surface area contributed by atoms with Crippen molar-refractivity contribution in [3.63, 3.8) is 0 Å². The summed E-state index contributed by atoms with van der Waals surface area (Å²) >= 11 is 1.42. The lowest BCUT2D eigenvalue weighted by molar-refractivity contribution is -0.391. The van der Waals surface area contributed by atoms with Gasteiger partial charge >= 0.3 is 12.2 Å². The fourth-order valence-corrected chi connectivity index (χ4v) is 2.60. The van der Waals surface area contributed by atoms with Crippen LogP contribution in [0.4, 0.5) is 23.2 Å². The molecule has 2 aliphatic heterocycles. The van der Waals surface area contributed by atoms with Crippen LogP contribution in [-0.4, -0.2) is 18.1 Å². The molecule has 0 aromatic heterocycles. The van der Waals surface area contributed by atoms with Crippen LogP contribution in [-0.2, 0) is 0 Å². The van der Waals surface area contributed by atoms with Gasteiger partial charge in [-0.05, 0) is 12.1 Å². The van der Waals surface area contributed by atoms with E-state index in [0.29, 0.717) is 17.4 Å². The maximum Gasteiger partial charge on any atom is 0.507 e. The van der Waals surface area contributed by atoms with Crippen LogP contribution < -0.4 is 20.1 Å². The molecule has 0 saturated heterocycles. The fourth-order valence-electron chi connectivity index (χ4n) is 1.78. The number of nitrogens with two attached hydrogens (primary N) is 1. The van der Waals surface area contributed by atoms with Crippen molar-refractivity contribution in [3.05, 3.63) is 29.4 Å². The molecule has 3 rings (SSSR count). The summed E-state index contributed by atoms with van der Waals surface area (Å²) in [5, 5.41) is 1.69. The summed E-state index contributed by atoms with van der Waals surface area (Å²) in [6, 6.07) is 3.77. The van der Waals surface area contributed by atoms with Gasteiger partial charge in [-0.3, -0.25) is 0 Å². The zero-order valence-corrected chi connectivity index (χ0v) is 10.6. The van der Waals surface area contributed by atoms with Gasteiger partial charge in [0.05, 0.1) is 5.88 Å². The van der Waals surface area contributed by atoms with Gasteiger partial charge in [-0.25, -0.2) is 0 Å². The molecule has 0 unspecified atom stereocenters. The summed E-state index contributed by atoms with van der Waals surface area (Å²) in [5.41, 5.74) is 6.16. The van der Waals surface area contributed by atoms with Crippen molar-refractivity contribution in [2.75, 3.05) is 10.8 Å². The number of fused-ring (bicyclic) bond motifs is 1. The second-order valence-corrected chi connectivity index (χ2v) is 4.96. The van der Waals surface area contributed by atoms with Crippen molar-refractivity contribution in [1.29, 1.82) is 0 Å². The van der Waals surface area contributed by atoms with Crippen molar-refractivity contribution in [2.24, 2.45) is 5.73 Å². The minimum Gasteiger partial charge on any atom is -0.421 e. The van der Waals surface area contributed by atoms with Gasteiger partial charge in [0, 0.05) is 17.2 Å². The zero-order valence-electron chi connectivity index (χ0n) is 9.78. The zero-order chi connectivity index (χ0) is 14.5. The average molecular weight is 308 g/mol. The molecule has 1 aromatic carbocycles. The number of ether oxygens (including phenoxy) is 2. The Bertz CT molecular complexity index is 594. The Morgan fingerprint density at radius 1 is 1.10 bits per heavy atom. The summed E-state index contributed by atoms with van der Waals surface area (Å²) < 4.78 is 60.2. The van der Waals surface area contributed by atoms with E-state index in [2.05, 4.69) is 9.47 Å². The highest BCUT2D eigenvalue weighted by Gasteiger charge is 2.65. The molecule has 0 aliphatic carbocycles. The topological polar surface area (TPSA) is 47.7 Å². The van der Waals surface area contributed by atoms with Gasteiger partial charge in [0.15, 0.2) is 11.5 Å². The number of rotatable bonds is 1. The first-order valence-corrected chi connectivity index (χ1v) is 6.47. The van der Waals surface area contributed by atoms with Crippen LogP contribution in [0.15, 0.2) is 29.4 Å². The van der Waals surface area contributed by atoms with Crippen LogP contribution in [0, 0.1) is 0 Å². The van der Waals surface area contributed by atoms with Crippen LogP contribution in [0.2, 0.25) is 0 Å². The van der Waals surface area contributed by atoms with Crippen molar-refractivity contribution in [1.82, 2.24) is 0 Å². The monoisotopic (exact) mass is 308 g/mol. The predicted molar refractivity (Wildman–Crippen MR) is 64.8 cm³/mol. The number of halogens is 4. The van der Waals surface area contributed by atoms with Crippen LogP contribution in [0.3, 0.4) is 0 Å². The molecule has 0 atom stereocenters. The summed E-state index contributed by atoms with van der Waals surface area (Å²) in [6.07, 6.45) is -9.43. The number of anilines is 1. The third-order valence-corrected chi connectivity index (χ3v) is 3.59. The molecule has 0 saturated carbocycles. The first kappa shape index (κ1) is 13.2. The largest absolute Gasteiger partial charge is 0.507 e. The molecular formula is C11H8F4N2O2S. The molecule has 0 fully saturated rings. The van der Waals surface area contributed by atoms with E-state index in [1.807, 2.05) is 0 Å². The van der Waals surface area contributed by atoms with E-state index in [1.54, 1.807) is 10.3 Å². The smallest absolute Gasteiger partial charge is 0.421 e. The summed E-state index contributed by atoms with van der Waals surface area (Å²) in [4.78, 5) is 1.62. The average Bonchev–Trinajstić information content (AvgIpc) is 2.76. The maximum atomic E-state index is 13.1. The molecule has 1 aromatic rings. The predicted octanol–water partition coefficient (Wildman–Crippen LogP) is 2.91. The van der Waals surface area contributed by atoms with Crippen LogP contribution in [0.25, 0.3) is 0 Å². The Kier molecular flexibility index (Phi) is 2.72. The minimum atomic E-state index is -4.72. The molecule has 2 heterocycles. The standard InChI is InChI=1S/C11H8F4N2O2S/c12-10(13)11(14,15)19-8-3-6(1-2-7(8)18-10)17-5-20-4-9(17)16/h1-4H,5,16H2. The van der Waals surface area contributed by atoms with Crippen molar-refractivity contribution in [3.8, 4) is 11.5 Å². The molecule has 9 heteroatoms. The quantitative estimate of drug-likeness (QED) is 0.808. The minimum absolute atomic E-state index is 0.434. The maximum absolute atomic E-state index is 13.1. The van der Waals surface area contributed by atoms with E-state index in [-0.39, 0.29) is 0 Å². The van der Waals surface area contributed by atoms with E-state index in [1.165, 1.54) is 23.9 Å². The Morgan fingerprint density at radius 2 is 1.75 bits per heavy atom. The van der Waals surface area contributed by atoms with Crippen molar-refractivity contribution >= 4 is 17.4 Å². The first-order chi connectivity index (χ1) is 9.30. The number of hydrogen-bond donors (Lipinski definition) is 1. The second kappa shape index (κ2) is 4.11. The highest BCUT2D eigenvalue weighted by molar-refractivity contribution is 8.02. The molecule has 0 bridgehead atoms. The fraction of sp³-hybridized carbons (Fsp3) is 0.273.